The van der Waals surface area contributed by atoms with Gasteiger partial charge in [0.15, 0.2) is 11.5 Å². The van der Waals surface area contributed by atoms with Crippen LogP contribution < -0.4 is 20.5 Å². The van der Waals surface area contributed by atoms with E-state index in [1.54, 1.807) is 18.2 Å². The van der Waals surface area contributed by atoms with Gasteiger partial charge in [0.1, 0.15) is 5.69 Å². The predicted molar refractivity (Wildman–Crippen MR) is 73.7 cm³/mol. The van der Waals surface area contributed by atoms with E-state index in [1.165, 1.54) is 6.92 Å². The Bertz CT molecular complexity index is 734. The highest BCUT2D eigenvalue weighted by molar-refractivity contribution is 5.69. The minimum atomic E-state index is -0.552. The van der Waals surface area contributed by atoms with Gasteiger partial charge < -0.3 is 20.5 Å². The first-order valence-electron chi connectivity index (χ1n) is 6.00. The second-order valence-electron chi connectivity index (χ2n) is 4.31. The summed E-state index contributed by atoms with van der Waals surface area (Å²) in [5.74, 6) is 1.17. The van der Waals surface area contributed by atoms with Crippen molar-refractivity contribution in [2.75, 3.05) is 17.8 Å². The monoisotopic (exact) mass is 289 g/mol. The van der Waals surface area contributed by atoms with E-state index in [4.69, 9.17) is 15.2 Å². The van der Waals surface area contributed by atoms with Gasteiger partial charge in [-0.3, -0.25) is 10.1 Å². The fourth-order valence-electron chi connectivity index (χ4n) is 2.01. The Morgan fingerprint density at radius 2 is 2.10 bits per heavy atom. The van der Waals surface area contributed by atoms with Gasteiger partial charge in [-0.2, -0.15) is 4.98 Å². The zero-order chi connectivity index (χ0) is 15.0. The number of nitrogens with two attached hydrogens (primary N) is 1. The summed E-state index contributed by atoms with van der Waals surface area (Å²) >= 11 is 0. The normalized spacial score (nSPS) is 12.2. The molecule has 0 fully saturated rings. The van der Waals surface area contributed by atoms with Gasteiger partial charge in [0.05, 0.1) is 4.92 Å². The number of aryl methyl sites for hydroxylation is 1. The molecule has 0 saturated carbocycles. The molecule has 0 spiro atoms. The highest BCUT2D eigenvalue weighted by Gasteiger charge is 2.22. The maximum absolute atomic E-state index is 11.1. The van der Waals surface area contributed by atoms with Crippen LogP contribution >= 0.6 is 0 Å². The second-order valence-corrected chi connectivity index (χ2v) is 4.31. The lowest BCUT2D eigenvalue weighted by molar-refractivity contribution is -0.385. The summed E-state index contributed by atoms with van der Waals surface area (Å²) in [5.41, 5.74) is 6.08. The van der Waals surface area contributed by atoms with E-state index in [0.717, 1.165) is 0 Å². The molecule has 1 aromatic carbocycles. The van der Waals surface area contributed by atoms with E-state index in [-0.39, 0.29) is 29.9 Å². The minimum Gasteiger partial charge on any atom is -0.454 e. The Morgan fingerprint density at radius 1 is 1.33 bits per heavy atom. The van der Waals surface area contributed by atoms with E-state index in [9.17, 15) is 10.1 Å². The van der Waals surface area contributed by atoms with Crippen LogP contribution in [0.2, 0.25) is 0 Å². The maximum atomic E-state index is 11.1. The van der Waals surface area contributed by atoms with Crippen LogP contribution in [-0.4, -0.2) is 21.7 Å². The van der Waals surface area contributed by atoms with Gasteiger partial charge in [-0.25, -0.2) is 4.98 Å². The number of ether oxygens (including phenoxy) is 2. The van der Waals surface area contributed by atoms with Gasteiger partial charge in [0.25, 0.3) is 0 Å². The zero-order valence-electron chi connectivity index (χ0n) is 11.0. The Balaban J connectivity index is 1.99. The van der Waals surface area contributed by atoms with Crippen LogP contribution in [-0.2, 0) is 0 Å². The number of hydrogen-bond acceptors (Lipinski definition) is 8. The largest absolute Gasteiger partial charge is 0.454 e. The minimum absolute atomic E-state index is 0.0314. The average Bonchev–Trinajstić information content (AvgIpc) is 2.84. The van der Waals surface area contributed by atoms with Crippen LogP contribution in [0.15, 0.2) is 18.2 Å². The number of fused-ring (bicyclic) bond motifs is 1. The molecule has 2 heterocycles. The first kappa shape index (κ1) is 12.9. The Morgan fingerprint density at radius 3 is 2.86 bits per heavy atom. The van der Waals surface area contributed by atoms with Gasteiger partial charge in [-0.1, -0.05) is 0 Å². The van der Waals surface area contributed by atoms with Crippen LogP contribution in [0, 0.1) is 17.0 Å². The van der Waals surface area contributed by atoms with Crippen molar-refractivity contribution in [3.8, 4) is 11.5 Å². The number of anilines is 3. The molecule has 1 aromatic heterocycles. The number of nitrogen functional groups attached to an aromatic ring is 1. The quantitative estimate of drug-likeness (QED) is 0.646. The summed E-state index contributed by atoms with van der Waals surface area (Å²) in [6.45, 7) is 1.65. The van der Waals surface area contributed by atoms with E-state index in [0.29, 0.717) is 17.2 Å². The number of benzene rings is 1. The van der Waals surface area contributed by atoms with Crippen molar-refractivity contribution in [1.82, 2.24) is 9.97 Å². The van der Waals surface area contributed by atoms with Crippen molar-refractivity contribution in [2.45, 2.75) is 6.92 Å². The molecule has 0 bridgehead atoms. The summed E-state index contributed by atoms with van der Waals surface area (Å²) in [7, 11) is 0. The first-order valence-corrected chi connectivity index (χ1v) is 6.00. The third-order valence-electron chi connectivity index (χ3n) is 2.89. The van der Waals surface area contributed by atoms with E-state index < -0.39 is 4.92 Å². The standard InChI is InChI=1S/C12H11N5O4/c1-6-10(17(18)19)11(16-12(13)14-6)15-7-2-3-8-9(4-7)21-5-20-8/h2-4H,5H2,1H3,(H3,13,14,15,16). The fourth-order valence-corrected chi connectivity index (χ4v) is 2.01. The van der Waals surface area contributed by atoms with E-state index in [1.807, 2.05) is 0 Å². The smallest absolute Gasteiger partial charge is 0.332 e. The zero-order valence-corrected chi connectivity index (χ0v) is 11.0. The molecular formula is C12H11N5O4. The Hall–Kier alpha value is -3.10. The molecular weight excluding hydrogens is 278 g/mol. The molecule has 9 nitrogen and oxygen atoms in total. The lowest BCUT2D eigenvalue weighted by Crippen LogP contribution is -2.06. The predicted octanol–water partition coefficient (Wildman–Crippen LogP) is 1.75. The van der Waals surface area contributed by atoms with Crippen LogP contribution in [0.5, 0.6) is 11.5 Å². The SMILES string of the molecule is Cc1nc(N)nc(Nc2ccc3c(c2)OCO3)c1[N+](=O)[O-]. The van der Waals surface area contributed by atoms with Crippen molar-refractivity contribution in [3.05, 3.63) is 34.0 Å². The van der Waals surface area contributed by atoms with Gasteiger partial charge in [-0.15, -0.1) is 0 Å². The summed E-state index contributed by atoms with van der Waals surface area (Å²) in [4.78, 5) is 18.3. The molecule has 108 valence electrons. The van der Waals surface area contributed by atoms with Gasteiger partial charge >= 0.3 is 5.69 Å². The molecule has 0 amide bonds. The molecule has 3 rings (SSSR count). The molecule has 0 unspecified atom stereocenters. The maximum Gasteiger partial charge on any atom is 0.332 e. The van der Waals surface area contributed by atoms with Crippen molar-refractivity contribution in [2.24, 2.45) is 0 Å². The van der Waals surface area contributed by atoms with Crippen LogP contribution in [0.25, 0.3) is 0 Å². The van der Waals surface area contributed by atoms with Crippen molar-refractivity contribution < 1.29 is 14.4 Å². The van der Waals surface area contributed by atoms with Crippen molar-refractivity contribution in [1.29, 1.82) is 0 Å². The molecule has 2 aromatic rings. The molecule has 1 aliphatic heterocycles. The molecule has 0 aliphatic carbocycles. The number of nitrogens with zero attached hydrogens (tertiary/aromatic N) is 3. The molecule has 9 heteroatoms. The van der Waals surface area contributed by atoms with Crippen LogP contribution in [0.4, 0.5) is 23.1 Å². The fraction of sp³-hybridized carbons (Fsp3) is 0.167. The van der Waals surface area contributed by atoms with E-state index in [2.05, 4.69) is 15.3 Å². The van der Waals surface area contributed by atoms with Crippen LogP contribution in [0.1, 0.15) is 5.69 Å². The van der Waals surface area contributed by atoms with E-state index >= 15 is 0 Å². The van der Waals surface area contributed by atoms with Crippen LogP contribution in [0.3, 0.4) is 0 Å². The number of nitrogens with one attached hydrogen (secondary N) is 1. The third kappa shape index (κ3) is 2.36. The molecule has 3 N–H and O–H groups in total. The summed E-state index contributed by atoms with van der Waals surface area (Å²) < 4.78 is 10.4. The summed E-state index contributed by atoms with van der Waals surface area (Å²) in [5, 5.41) is 14.0. The first-order chi connectivity index (χ1) is 10.0. The molecule has 1 aliphatic rings. The van der Waals surface area contributed by atoms with Crippen molar-refractivity contribution in [3.63, 3.8) is 0 Å². The number of rotatable bonds is 3. The van der Waals surface area contributed by atoms with Gasteiger partial charge in [0.2, 0.25) is 18.6 Å². The average molecular weight is 289 g/mol. The lowest BCUT2D eigenvalue weighted by atomic mass is 10.2. The molecule has 0 radical (unpaired) electrons. The highest BCUT2D eigenvalue weighted by Crippen LogP contribution is 2.36. The third-order valence-corrected chi connectivity index (χ3v) is 2.89. The molecule has 21 heavy (non-hydrogen) atoms. The number of hydrogen-bond donors (Lipinski definition) is 2. The highest BCUT2D eigenvalue weighted by atomic mass is 16.7. The summed E-state index contributed by atoms with van der Waals surface area (Å²) in [6.07, 6.45) is 0. The second kappa shape index (κ2) is 4.78. The number of aromatic nitrogens is 2. The number of nitro groups is 1. The Kier molecular flexibility index (Phi) is 2.94. The molecule has 0 atom stereocenters. The lowest BCUT2D eigenvalue weighted by Gasteiger charge is -2.08. The molecule has 0 saturated heterocycles. The van der Waals surface area contributed by atoms with Gasteiger partial charge in [0, 0.05) is 11.8 Å². The topological polar surface area (TPSA) is 125 Å². The summed E-state index contributed by atoms with van der Waals surface area (Å²) in [6, 6.07) is 5.07. The van der Waals surface area contributed by atoms with Gasteiger partial charge in [-0.05, 0) is 19.1 Å². The Labute approximate surface area is 118 Å². The van der Waals surface area contributed by atoms with Crippen molar-refractivity contribution >= 4 is 23.1 Å².